The van der Waals surface area contributed by atoms with Crippen molar-refractivity contribution in [2.75, 3.05) is 105 Å². The Labute approximate surface area is 516 Å². The number of nitrogens with one attached hydrogen (secondary N) is 1. The van der Waals surface area contributed by atoms with Crippen LogP contribution in [0.15, 0.2) is 98.6 Å². The summed E-state index contributed by atoms with van der Waals surface area (Å²) in [6.07, 6.45) is 8.38. The summed E-state index contributed by atoms with van der Waals surface area (Å²) in [7, 11) is 17.1. The van der Waals surface area contributed by atoms with Gasteiger partial charge in [-0.15, -0.1) is 0 Å². The van der Waals surface area contributed by atoms with Crippen LogP contribution in [0.2, 0.25) is 20.1 Å². The lowest BCUT2D eigenvalue weighted by atomic mass is 10.0. The molecule has 1 saturated heterocycles. The number of halogens is 5. The molecule has 0 saturated carbocycles. The standard InChI is InChI=1S/C28H31Cl2N5O4.C25H29Cl2N5O3.C4H8O.C3H3ClO/c1-7-25(36)33-21-10-17(15-34(2)3)8-9-18(21)11-19-12-24(32-16-31-19)35(4)26(37)13-20-27(29)22(38-5)14-23(39-6)28(20)30;1-31(2)13-15-6-7-16(19(28)8-15)9-17-10-22(30-14-29-17)32(3)23(33)11-18-24(26)20(34-4)12-21(35-5)25(18)27;1-2-4-5-3-1;1-2-3(4)5/h7-10,12,14,16H,1,11,13,15H2,2-6H3,(H,33,36);6-8,10,12,14H,9,11,13,28H2,1-5H3;1-4H2;2H,1H2. The van der Waals surface area contributed by atoms with Crippen molar-refractivity contribution in [1.82, 2.24) is 29.7 Å². The second-order valence-corrected chi connectivity index (χ2v) is 21.0. The summed E-state index contributed by atoms with van der Waals surface area (Å²) >= 11 is 30.5. The second-order valence-electron chi connectivity index (χ2n) is 19.1. The van der Waals surface area contributed by atoms with Crippen molar-refractivity contribution in [3.63, 3.8) is 0 Å². The molecule has 1 aliphatic heterocycles. The fourth-order valence-electron chi connectivity index (χ4n) is 8.02. The van der Waals surface area contributed by atoms with E-state index in [-0.39, 0.29) is 50.7 Å². The second kappa shape index (κ2) is 34.6. The lowest BCUT2D eigenvalue weighted by molar-refractivity contribution is -0.118. The van der Waals surface area contributed by atoms with Gasteiger partial charge in [-0.25, -0.2) is 19.9 Å². The van der Waals surface area contributed by atoms with Gasteiger partial charge in [0.1, 0.15) is 47.3 Å². The van der Waals surface area contributed by atoms with Crippen LogP contribution in [0, 0.1) is 0 Å². The van der Waals surface area contributed by atoms with Gasteiger partial charge in [-0.05, 0) is 99.2 Å². The molecule has 84 heavy (non-hydrogen) atoms. The molecule has 1 fully saturated rings. The van der Waals surface area contributed by atoms with Crippen LogP contribution in [-0.2, 0) is 62.7 Å². The Morgan fingerprint density at radius 3 is 1.33 bits per heavy atom. The van der Waals surface area contributed by atoms with Crippen molar-refractivity contribution in [3.8, 4) is 23.0 Å². The number of anilines is 4. The van der Waals surface area contributed by atoms with Crippen LogP contribution in [0.25, 0.3) is 0 Å². The predicted molar refractivity (Wildman–Crippen MR) is 335 cm³/mol. The van der Waals surface area contributed by atoms with Crippen molar-refractivity contribution in [2.24, 2.45) is 0 Å². The number of carbonyl (C=O) groups is 4. The first-order valence-corrected chi connectivity index (χ1v) is 27.8. The number of nitrogens with zero attached hydrogens (tertiary/aromatic N) is 8. The van der Waals surface area contributed by atoms with Gasteiger partial charge in [0.15, 0.2) is 0 Å². The van der Waals surface area contributed by atoms with Crippen LogP contribution >= 0.6 is 58.0 Å². The van der Waals surface area contributed by atoms with E-state index >= 15 is 0 Å². The summed E-state index contributed by atoms with van der Waals surface area (Å²) in [5, 5.41) is 3.36. The topological polar surface area (TPSA) is 217 Å². The highest BCUT2D eigenvalue weighted by Gasteiger charge is 2.25. The molecule has 0 bridgehead atoms. The van der Waals surface area contributed by atoms with Crippen LogP contribution in [0.1, 0.15) is 57.6 Å². The monoisotopic (exact) mass is 1250 g/mol. The average molecular weight is 1250 g/mol. The molecule has 450 valence electrons. The molecule has 6 aromatic rings. The Kier molecular flexibility index (Phi) is 28.6. The zero-order valence-electron chi connectivity index (χ0n) is 48.8. The van der Waals surface area contributed by atoms with E-state index in [1.807, 2.05) is 63.4 Å². The Morgan fingerprint density at radius 1 is 0.595 bits per heavy atom. The van der Waals surface area contributed by atoms with Crippen LogP contribution in [0.4, 0.5) is 23.0 Å². The van der Waals surface area contributed by atoms with Crippen LogP contribution in [0.5, 0.6) is 23.0 Å². The van der Waals surface area contributed by atoms with Gasteiger partial charge in [0.25, 0.3) is 0 Å². The number of nitrogen functional groups attached to an aromatic ring is 1. The Balaban J connectivity index is 0.000000310. The summed E-state index contributed by atoms with van der Waals surface area (Å²) in [5.41, 5.74) is 13.8. The lowest BCUT2D eigenvalue weighted by Gasteiger charge is -2.19. The molecular weight excluding hydrogens is 1180 g/mol. The first kappa shape index (κ1) is 69.4. The van der Waals surface area contributed by atoms with E-state index in [2.05, 4.69) is 49.4 Å². The molecule has 0 spiro atoms. The van der Waals surface area contributed by atoms with Gasteiger partial charge in [0.2, 0.25) is 23.0 Å². The third-order valence-electron chi connectivity index (χ3n) is 12.4. The zero-order chi connectivity index (χ0) is 62.2. The number of methoxy groups -OCH3 is 4. The molecule has 3 amide bonds. The number of nitrogens with two attached hydrogens (primary N) is 1. The predicted octanol–water partition coefficient (Wildman–Crippen LogP) is 10.8. The van der Waals surface area contributed by atoms with E-state index in [0.29, 0.717) is 75.7 Å². The maximum absolute atomic E-state index is 13.2. The number of allylic oxidation sites excluding steroid dienone is 1. The number of ether oxygens (including phenoxy) is 5. The maximum atomic E-state index is 13.2. The molecule has 19 nitrogen and oxygen atoms in total. The van der Waals surface area contributed by atoms with Gasteiger partial charge in [0.05, 0.1) is 72.8 Å². The number of amides is 3. The molecule has 0 aliphatic carbocycles. The van der Waals surface area contributed by atoms with E-state index in [4.69, 9.17) is 87.4 Å². The highest BCUT2D eigenvalue weighted by atomic mass is 35.5. The molecule has 4 aromatic carbocycles. The van der Waals surface area contributed by atoms with Gasteiger partial charge in [-0.1, -0.05) is 83.8 Å². The number of rotatable bonds is 21. The molecule has 3 heterocycles. The van der Waals surface area contributed by atoms with Crippen molar-refractivity contribution in [1.29, 1.82) is 0 Å². The van der Waals surface area contributed by atoms with Gasteiger partial charge in [0, 0.05) is 100 Å². The summed E-state index contributed by atoms with van der Waals surface area (Å²) in [4.78, 5) is 72.1. The van der Waals surface area contributed by atoms with E-state index in [1.54, 1.807) is 38.4 Å². The quantitative estimate of drug-likeness (QED) is 0.0389. The van der Waals surface area contributed by atoms with Gasteiger partial charge in [-0.2, -0.15) is 0 Å². The highest BCUT2D eigenvalue weighted by molar-refractivity contribution is 6.66. The minimum Gasteiger partial charge on any atom is -0.495 e. The third-order valence-corrected chi connectivity index (χ3v) is 14.2. The first-order valence-electron chi connectivity index (χ1n) is 25.9. The number of carbonyl (C=O) groups excluding carboxylic acids is 4. The normalized spacial score (nSPS) is 11.4. The van der Waals surface area contributed by atoms with E-state index < -0.39 is 5.24 Å². The molecule has 2 aromatic heterocycles. The van der Waals surface area contributed by atoms with Crippen molar-refractivity contribution in [3.05, 3.63) is 163 Å². The summed E-state index contributed by atoms with van der Waals surface area (Å²) < 4.78 is 26.1. The fraction of sp³-hybridized carbons (Fsp3) is 0.333. The number of hydrogen-bond donors (Lipinski definition) is 2. The summed E-state index contributed by atoms with van der Waals surface area (Å²) in [6.45, 7) is 10.1. The number of aromatic nitrogens is 4. The van der Waals surface area contributed by atoms with Crippen LogP contribution in [0.3, 0.4) is 0 Å². The van der Waals surface area contributed by atoms with Crippen molar-refractivity contribution in [2.45, 2.75) is 51.6 Å². The van der Waals surface area contributed by atoms with E-state index in [9.17, 15) is 19.2 Å². The van der Waals surface area contributed by atoms with Crippen molar-refractivity contribution >= 4 is 104 Å². The Bertz CT molecular complexity index is 3190. The summed E-state index contributed by atoms with van der Waals surface area (Å²) in [5.74, 6) is 1.42. The van der Waals surface area contributed by atoms with Crippen LogP contribution < -0.4 is 39.8 Å². The van der Waals surface area contributed by atoms with Gasteiger partial charge in [-0.3, -0.25) is 29.0 Å². The minimum absolute atomic E-state index is 0.0681. The first-order chi connectivity index (χ1) is 40.0. The van der Waals surface area contributed by atoms with Crippen molar-refractivity contribution < 1.29 is 42.9 Å². The largest absolute Gasteiger partial charge is 0.495 e. The Morgan fingerprint density at radius 2 is 0.988 bits per heavy atom. The number of hydrogen-bond acceptors (Lipinski definition) is 16. The molecule has 1 aliphatic rings. The molecular formula is C60H71Cl5N10O9. The third kappa shape index (κ3) is 20.9. The fourth-order valence-corrected chi connectivity index (χ4v) is 9.29. The molecule has 0 unspecified atom stereocenters. The zero-order valence-corrected chi connectivity index (χ0v) is 52.6. The average Bonchev–Trinajstić information content (AvgIpc) is 4.06. The molecule has 3 N–H and O–H groups in total. The lowest BCUT2D eigenvalue weighted by Crippen LogP contribution is -2.29. The van der Waals surface area contributed by atoms with E-state index in [1.165, 1.54) is 69.8 Å². The SMILES string of the molecule is C1CCOC1.C=CC(=O)Cl.C=CC(=O)Nc1cc(CN(C)C)ccc1Cc1cc(N(C)C(=O)Cc2c(Cl)c(OC)cc(OC)c2Cl)ncn1.COc1cc(OC)c(Cl)c(CC(=O)N(C)c2cc(Cc3ccc(CN(C)C)cc3N)ncn2)c1Cl. The highest BCUT2D eigenvalue weighted by Crippen LogP contribution is 2.42. The van der Waals surface area contributed by atoms with Crippen LogP contribution in [-0.4, -0.2) is 137 Å². The Hall–Kier alpha value is -7.07. The van der Waals surface area contributed by atoms with Gasteiger partial charge >= 0.3 is 0 Å². The smallest absolute Gasteiger partial charge is 0.247 e. The number of benzene rings is 4. The van der Waals surface area contributed by atoms with E-state index in [0.717, 1.165) is 60.3 Å². The molecule has 7 rings (SSSR count). The minimum atomic E-state index is -0.509. The van der Waals surface area contributed by atoms with Gasteiger partial charge < -0.3 is 44.5 Å². The number of likely N-dealkylation sites (N-methyl/N-ethyl adjacent to an activating group) is 2. The maximum Gasteiger partial charge on any atom is 0.247 e. The summed E-state index contributed by atoms with van der Waals surface area (Å²) in [6, 6.07) is 18.6. The molecule has 0 atom stereocenters. The molecule has 0 radical (unpaired) electrons. The molecule has 24 heteroatoms.